The number of aromatic amines is 1. The molecule has 2 heterocycles. The Labute approximate surface area is 198 Å². The predicted octanol–water partition coefficient (Wildman–Crippen LogP) is 3.83. The first-order valence-corrected chi connectivity index (χ1v) is 11.3. The van der Waals surface area contributed by atoms with Crippen LogP contribution >= 0.6 is 11.3 Å². The third-order valence-electron chi connectivity index (χ3n) is 5.37. The van der Waals surface area contributed by atoms with Crippen LogP contribution in [0.25, 0.3) is 22.5 Å². The van der Waals surface area contributed by atoms with Gasteiger partial charge in [0.05, 0.1) is 34.6 Å². The van der Waals surface area contributed by atoms with Gasteiger partial charge >= 0.3 is 0 Å². The number of nitrogens with zero attached hydrogens (tertiary/aromatic N) is 2. The lowest BCUT2D eigenvalue weighted by molar-refractivity contribution is 0.0216. The Hall–Kier alpha value is -3.47. The molecule has 0 bridgehead atoms. The van der Waals surface area contributed by atoms with E-state index in [1.807, 2.05) is 5.38 Å². The van der Waals surface area contributed by atoms with Crippen LogP contribution in [-0.2, 0) is 11.2 Å². The predicted molar refractivity (Wildman–Crippen MR) is 124 cm³/mol. The molecule has 0 spiro atoms. The Kier molecular flexibility index (Phi) is 7.41. The second-order valence-corrected chi connectivity index (χ2v) is 8.48. The first-order chi connectivity index (χ1) is 16.5. The summed E-state index contributed by atoms with van der Waals surface area (Å²) in [6.07, 6.45) is 1.31. The van der Waals surface area contributed by atoms with Gasteiger partial charge in [0.15, 0.2) is 0 Å². The molecule has 34 heavy (non-hydrogen) atoms. The summed E-state index contributed by atoms with van der Waals surface area (Å²) in [5.41, 5.74) is 1.55. The summed E-state index contributed by atoms with van der Waals surface area (Å²) < 4.78 is 33.5. The maximum Gasteiger partial charge on any atom is 0.252 e. The Morgan fingerprint density at radius 1 is 1.24 bits per heavy atom. The summed E-state index contributed by atoms with van der Waals surface area (Å²) in [6.45, 7) is -0.315. The maximum atomic E-state index is 14.9. The Balaban J connectivity index is 1.64. The van der Waals surface area contributed by atoms with Crippen molar-refractivity contribution in [3.8, 4) is 22.5 Å². The molecule has 0 unspecified atom stereocenters. The molecule has 0 aliphatic heterocycles. The highest BCUT2D eigenvalue weighted by Crippen LogP contribution is 2.29. The first-order valence-electron chi connectivity index (χ1n) is 10.4. The van der Waals surface area contributed by atoms with Crippen LogP contribution in [0.3, 0.4) is 0 Å². The minimum absolute atomic E-state index is 0.0480. The first kappa shape index (κ1) is 23.7. The standard InChI is InChI=1S/C24H22F2N4O3S/c1-33-21(13-31)19(12-22-27-9-10-34-22)28-24(32)16-3-2-4-17(26)23(16)20-11-18(29-30-20)14-5-7-15(25)8-6-14/h2-11,19,21,31H,12-13H2,1H3,(H,28,32)(H,29,30)/t19-,21-/m1/s1. The van der Waals surface area contributed by atoms with E-state index in [4.69, 9.17) is 4.74 Å². The average Bonchev–Trinajstić information content (AvgIpc) is 3.52. The third-order valence-corrected chi connectivity index (χ3v) is 6.17. The second kappa shape index (κ2) is 10.6. The van der Waals surface area contributed by atoms with E-state index in [-0.39, 0.29) is 23.6 Å². The lowest BCUT2D eigenvalue weighted by atomic mass is 10.0. The van der Waals surface area contributed by atoms with Gasteiger partial charge < -0.3 is 15.2 Å². The molecule has 1 amide bonds. The van der Waals surface area contributed by atoms with Crippen molar-refractivity contribution in [3.05, 3.63) is 82.3 Å². The number of halogens is 2. The van der Waals surface area contributed by atoms with E-state index in [1.165, 1.54) is 48.8 Å². The molecule has 4 aromatic rings. The number of hydrogen-bond donors (Lipinski definition) is 3. The van der Waals surface area contributed by atoms with Gasteiger partial charge in [-0.15, -0.1) is 11.3 Å². The van der Waals surface area contributed by atoms with Crippen LogP contribution in [0.1, 0.15) is 15.4 Å². The van der Waals surface area contributed by atoms with Gasteiger partial charge in [-0.2, -0.15) is 5.10 Å². The third kappa shape index (κ3) is 5.19. The lowest BCUT2D eigenvalue weighted by Crippen LogP contribution is -2.47. The number of H-pyrrole nitrogens is 1. The molecule has 3 N–H and O–H groups in total. The van der Waals surface area contributed by atoms with E-state index in [9.17, 15) is 18.7 Å². The van der Waals surface area contributed by atoms with Crippen molar-refractivity contribution < 1.29 is 23.4 Å². The second-order valence-electron chi connectivity index (χ2n) is 7.50. The fraction of sp³-hybridized carbons (Fsp3) is 0.208. The molecule has 0 saturated carbocycles. The minimum Gasteiger partial charge on any atom is -0.394 e. The van der Waals surface area contributed by atoms with Crippen LogP contribution in [0, 0.1) is 11.6 Å². The number of ether oxygens (including phenoxy) is 1. The van der Waals surface area contributed by atoms with Gasteiger partial charge in [-0.25, -0.2) is 13.8 Å². The molecule has 7 nitrogen and oxygen atoms in total. The van der Waals surface area contributed by atoms with Crippen molar-refractivity contribution in [1.82, 2.24) is 20.5 Å². The molecule has 10 heteroatoms. The van der Waals surface area contributed by atoms with Gasteiger partial charge in [-0.1, -0.05) is 6.07 Å². The summed E-state index contributed by atoms with van der Waals surface area (Å²) in [6, 6.07) is 10.9. The quantitative estimate of drug-likeness (QED) is 0.335. The molecule has 0 aliphatic carbocycles. The van der Waals surface area contributed by atoms with Crippen LogP contribution in [0.2, 0.25) is 0 Å². The molecule has 2 atom stereocenters. The number of benzene rings is 2. The van der Waals surface area contributed by atoms with Gasteiger partial charge in [0.25, 0.3) is 5.91 Å². The number of hydrogen-bond acceptors (Lipinski definition) is 6. The SMILES string of the molecule is CO[C@H](CO)[C@@H](Cc1nccs1)NC(=O)c1cccc(F)c1-c1cc(-c2ccc(F)cc2)n[nH]1. The molecule has 176 valence electrons. The number of aliphatic hydroxyl groups excluding tert-OH is 1. The number of carbonyl (C=O) groups excluding carboxylic acids is 1. The van der Waals surface area contributed by atoms with E-state index in [0.717, 1.165) is 5.01 Å². The number of rotatable bonds is 9. The van der Waals surface area contributed by atoms with Crippen molar-refractivity contribution >= 4 is 17.2 Å². The van der Waals surface area contributed by atoms with Crippen LogP contribution in [0.15, 0.2) is 60.1 Å². The van der Waals surface area contributed by atoms with Crippen molar-refractivity contribution in [2.45, 2.75) is 18.6 Å². The summed E-state index contributed by atoms with van der Waals surface area (Å²) in [5.74, 6) is -1.52. The van der Waals surface area contributed by atoms with Crippen molar-refractivity contribution in [3.63, 3.8) is 0 Å². The highest BCUT2D eigenvalue weighted by molar-refractivity contribution is 7.09. The zero-order valence-corrected chi connectivity index (χ0v) is 19.0. The van der Waals surface area contributed by atoms with Gasteiger partial charge in [0.1, 0.15) is 17.7 Å². The summed E-state index contributed by atoms with van der Waals surface area (Å²) in [5, 5.41) is 22.1. The molecule has 2 aromatic carbocycles. The van der Waals surface area contributed by atoms with Crippen LogP contribution in [-0.4, -0.2) is 52.1 Å². The fourth-order valence-corrected chi connectivity index (χ4v) is 4.31. The van der Waals surface area contributed by atoms with Crippen molar-refractivity contribution in [1.29, 1.82) is 0 Å². The molecule has 0 saturated heterocycles. The number of amides is 1. The monoisotopic (exact) mass is 484 g/mol. The molecular weight excluding hydrogens is 462 g/mol. The smallest absolute Gasteiger partial charge is 0.252 e. The van der Waals surface area contributed by atoms with E-state index >= 15 is 0 Å². The Morgan fingerprint density at radius 2 is 2.03 bits per heavy atom. The zero-order chi connectivity index (χ0) is 24.1. The van der Waals surface area contributed by atoms with Crippen molar-refractivity contribution in [2.24, 2.45) is 0 Å². The molecule has 0 radical (unpaired) electrons. The van der Waals surface area contributed by atoms with Crippen LogP contribution < -0.4 is 5.32 Å². The highest BCUT2D eigenvalue weighted by atomic mass is 32.1. The van der Waals surface area contributed by atoms with E-state index in [1.54, 1.807) is 24.4 Å². The largest absolute Gasteiger partial charge is 0.394 e. The van der Waals surface area contributed by atoms with E-state index in [0.29, 0.717) is 23.4 Å². The number of nitrogens with one attached hydrogen (secondary N) is 2. The van der Waals surface area contributed by atoms with Gasteiger partial charge in [0.2, 0.25) is 0 Å². The fourth-order valence-electron chi connectivity index (χ4n) is 3.63. The number of aliphatic hydroxyl groups is 1. The van der Waals surface area contributed by atoms with Gasteiger partial charge in [0, 0.05) is 36.2 Å². The summed E-state index contributed by atoms with van der Waals surface area (Å²) in [7, 11) is 1.44. The zero-order valence-electron chi connectivity index (χ0n) is 18.2. The van der Waals surface area contributed by atoms with E-state index in [2.05, 4.69) is 20.5 Å². The normalized spacial score (nSPS) is 12.9. The molecule has 2 aromatic heterocycles. The minimum atomic E-state index is -0.679. The number of methoxy groups -OCH3 is 1. The van der Waals surface area contributed by atoms with Crippen LogP contribution in [0.5, 0.6) is 0 Å². The maximum absolute atomic E-state index is 14.9. The number of aromatic nitrogens is 3. The van der Waals surface area contributed by atoms with Crippen molar-refractivity contribution in [2.75, 3.05) is 13.7 Å². The molecule has 0 fully saturated rings. The molecule has 4 rings (SSSR count). The number of thiazole rings is 1. The van der Waals surface area contributed by atoms with Gasteiger partial charge in [-0.05, 0) is 42.5 Å². The average molecular weight is 485 g/mol. The van der Waals surface area contributed by atoms with E-state index < -0.39 is 23.9 Å². The Bertz CT molecular complexity index is 1240. The number of carbonyl (C=O) groups is 1. The molecular formula is C24H22F2N4O3S. The summed E-state index contributed by atoms with van der Waals surface area (Å²) in [4.78, 5) is 17.5. The topological polar surface area (TPSA) is 100 Å². The van der Waals surface area contributed by atoms with Gasteiger partial charge in [-0.3, -0.25) is 9.89 Å². The highest BCUT2D eigenvalue weighted by Gasteiger charge is 2.27. The van der Waals surface area contributed by atoms with Crippen LogP contribution in [0.4, 0.5) is 8.78 Å². The Morgan fingerprint density at radius 3 is 2.71 bits per heavy atom. The molecule has 0 aliphatic rings. The lowest BCUT2D eigenvalue weighted by Gasteiger charge is -2.25. The summed E-state index contributed by atoms with van der Waals surface area (Å²) >= 11 is 1.42.